The van der Waals surface area contributed by atoms with E-state index < -0.39 is 5.97 Å². The fourth-order valence-corrected chi connectivity index (χ4v) is 3.69. The van der Waals surface area contributed by atoms with E-state index in [4.69, 9.17) is 4.74 Å². The summed E-state index contributed by atoms with van der Waals surface area (Å²) in [5.74, 6) is 1.95. The van der Waals surface area contributed by atoms with Crippen LogP contribution in [0.3, 0.4) is 0 Å². The van der Waals surface area contributed by atoms with Crippen molar-refractivity contribution in [2.24, 2.45) is 11.8 Å². The number of hydrogen-bond donors (Lipinski definition) is 0. The fourth-order valence-electron chi connectivity index (χ4n) is 3.69. The van der Waals surface area contributed by atoms with E-state index in [1.54, 1.807) is 19.4 Å². The Hall–Kier alpha value is -2.88. The second kappa shape index (κ2) is 6.45. The minimum Gasteiger partial charge on any atom is -0.461 e. The molecule has 4 rings (SSSR count). The number of carbonyl (C=O) groups is 1. The monoisotopic (exact) mass is 351 g/mol. The first kappa shape index (κ1) is 16.6. The van der Waals surface area contributed by atoms with E-state index in [2.05, 4.69) is 20.9 Å². The molecule has 1 saturated heterocycles. The Morgan fingerprint density at radius 3 is 2.85 bits per heavy atom. The Kier molecular flexibility index (Phi) is 4.11. The van der Waals surface area contributed by atoms with Gasteiger partial charge in [0.25, 0.3) is 0 Å². The van der Waals surface area contributed by atoms with Crippen molar-refractivity contribution in [1.82, 2.24) is 14.5 Å². The summed E-state index contributed by atoms with van der Waals surface area (Å²) in [6.07, 6.45) is 6.41. The Balaban J connectivity index is 1.56. The van der Waals surface area contributed by atoms with Crippen LogP contribution in [0.5, 0.6) is 0 Å². The Morgan fingerprint density at radius 2 is 2.15 bits per heavy atom. The minimum atomic E-state index is -0.429. The fraction of sp³-hybridized carbons (Fsp3) is 0.474. The molecule has 2 aromatic rings. The number of piperidine rings is 1. The molecule has 2 aromatic heterocycles. The lowest BCUT2D eigenvalue weighted by Crippen LogP contribution is -2.24. The summed E-state index contributed by atoms with van der Waals surface area (Å²) in [4.78, 5) is 22.7. The van der Waals surface area contributed by atoms with Crippen molar-refractivity contribution in [2.75, 3.05) is 24.6 Å². The van der Waals surface area contributed by atoms with Gasteiger partial charge in [-0.3, -0.25) is 0 Å². The maximum absolute atomic E-state index is 11.7. The number of ether oxygens (including phenoxy) is 1. The zero-order chi connectivity index (χ0) is 18.3. The highest BCUT2D eigenvalue weighted by molar-refractivity contribution is 5.86. The summed E-state index contributed by atoms with van der Waals surface area (Å²) in [7, 11) is 0. The molecule has 2 aliphatic rings. The number of anilines is 1. The number of esters is 1. The van der Waals surface area contributed by atoms with Crippen LogP contribution in [-0.2, 0) is 11.3 Å². The number of nitrogens with zero attached hydrogens (tertiary/aromatic N) is 5. The molecule has 134 valence electrons. The number of aromatic nitrogens is 3. The van der Waals surface area contributed by atoms with Crippen molar-refractivity contribution >= 4 is 11.8 Å². The summed E-state index contributed by atoms with van der Waals surface area (Å²) >= 11 is 0. The molecule has 0 N–H and O–H groups in total. The summed E-state index contributed by atoms with van der Waals surface area (Å²) in [5.41, 5.74) is 2.81. The summed E-state index contributed by atoms with van der Waals surface area (Å²) < 4.78 is 6.77. The molecule has 2 atom stereocenters. The molecule has 7 heteroatoms. The predicted octanol–water partition coefficient (Wildman–Crippen LogP) is 2.14. The van der Waals surface area contributed by atoms with Gasteiger partial charge in [0.05, 0.1) is 25.0 Å². The summed E-state index contributed by atoms with van der Waals surface area (Å²) in [5, 5.41) is 9.67. The first-order chi connectivity index (χ1) is 12.6. The quantitative estimate of drug-likeness (QED) is 0.768. The molecule has 0 spiro atoms. The summed E-state index contributed by atoms with van der Waals surface area (Å²) in [6.45, 7) is 6.56. The van der Waals surface area contributed by atoms with Gasteiger partial charge >= 0.3 is 5.97 Å². The van der Waals surface area contributed by atoms with Crippen molar-refractivity contribution in [2.45, 2.75) is 26.8 Å². The Bertz CT molecular complexity index is 888. The second-order valence-corrected chi connectivity index (χ2v) is 7.03. The molecule has 0 radical (unpaired) electrons. The molecule has 0 bridgehead atoms. The highest BCUT2D eigenvalue weighted by Gasteiger charge is 2.46. The molecule has 26 heavy (non-hydrogen) atoms. The average Bonchev–Trinajstić information content (AvgIpc) is 3.04. The van der Waals surface area contributed by atoms with Gasteiger partial charge in [0, 0.05) is 25.5 Å². The zero-order valence-electron chi connectivity index (χ0n) is 15.0. The molecule has 1 aliphatic heterocycles. The van der Waals surface area contributed by atoms with Crippen molar-refractivity contribution in [3.05, 3.63) is 41.1 Å². The maximum atomic E-state index is 11.7. The normalized spacial score (nSPS) is 20.6. The first-order valence-corrected chi connectivity index (χ1v) is 8.93. The number of rotatable bonds is 5. The van der Waals surface area contributed by atoms with Crippen LogP contribution in [0.1, 0.15) is 40.5 Å². The predicted molar refractivity (Wildman–Crippen MR) is 94.8 cm³/mol. The standard InChI is InChI=1S/C19H21N5O2/c1-3-26-19(25)17-10-23(11-22-17)7-15-6-21-18(16(5-20)12(15)2)24-8-13-4-14(13)9-24/h6,10-11,13-14H,3-4,7-9H2,1-2H3. The number of fused-ring (bicyclic) bond motifs is 1. The van der Waals surface area contributed by atoms with Crippen LogP contribution in [0.15, 0.2) is 18.7 Å². The van der Waals surface area contributed by atoms with E-state index in [0.717, 1.165) is 41.9 Å². The van der Waals surface area contributed by atoms with Crippen LogP contribution in [0.2, 0.25) is 0 Å². The van der Waals surface area contributed by atoms with E-state index in [9.17, 15) is 10.1 Å². The van der Waals surface area contributed by atoms with Gasteiger partial charge in [-0.05, 0) is 43.2 Å². The first-order valence-electron chi connectivity index (χ1n) is 8.93. The van der Waals surface area contributed by atoms with Crippen LogP contribution in [0.25, 0.3) is 0 Å². The average molecular weight is 351 g/mol. The molecule has 7 nitrogen and oxygen atoms in total. The Morgan fingerprint density at radius 1 is 1.38 bits per heavy atom. The van der Waals surface area contributed by atoms with E-state index in [0.29, 0.717) is 18.7 Å². The number of pyridine rings is 1. The number of imidazole rings is 1. The smallest absolute Gasteiger partial charge is 0.358 e. The third kappa shape index (κ3) is 2.92. The topological polar surface area (TPSA) is 84.0 Å². The van der Waals surface area contributed by atoms with Crippen molar-refractivity contribution in [3.63, 3.8) is 0 Å². The van der Waals surface area contributed by atoms with Crippen LogP contribution < -0.4 is 4.90 Å². The van der Waals surface area contributed by atoms with E-state index >= 15 is 0 Å². The molecule has 2 unspecified atom stereocenters. The van der Waals surface area contributed by atoms with Crippen molar-refractivity contribution in [1.29, 1.82) is 5.26 Å². The van der Waals surface area contributed by atoms with Crippen LogP contribution in [0, 0.1) is 30.1 Å². The van der Waals surface area contributed by atoms with Gasteiger partial charge in [-0.15, -0.1) is 0 Å². The van der Waals surface area contributed by atoms with Gasteiger partial charge in [0.2, 0.25) is 0 Å². The van der Waals surface area contributed by atoms with Crippen LogP contribution in [-0.4, -0.2) is 40.2 Å². The minimum absolute atomic E-state index is 0.283. The van der Waals surface area contributed by atoms with Gasteiger partial charge < -0.3 is 14.2 Å². The molecule has 1 aliphatic carbocycles. The maximum Gasteiger partial charge on any atom is 0.358 e. The van der Waals surface area contributed by atoms with Gasteiger partial charge in [-0.25, -0.2) is 14.8 Å². The number of carbonyl (C=O) groups excluding carboxylic acids is 1. The van der Waals surface area contributed by atoms with Crippen LogP contribution in [0.4, 0.5) is 5.82 Å². The number of hydrogen-bond acceptors (Lipinski definition) is 6. The van der Waals surface area contributed by atoms with Crippen LogP contribution >= 0.6 is 0 Å². The van der Waals surface area contributed by atoms with E-state index in [1.807, 2.05) is 17.7 Å². The SMILES string of the molecule is CCOC(=O)c1cn(Cc2cnc(N3CC4CC4C3)c(C#N)c2C)cn1. The summed E-state index contributed by atoms with van der Waals surface area (Å²) in [6, 6.07) is 2.33. The molecule has 1 saturated carbocycles. The van der Waals surface area contributed by atoms with Gasteiger partial charge in [-0.2, -0.15) is 5.26 Å². The highest BCUT2D eigenvalue weighted by atomic mass is 16.5. The highest BCUT2D eigenvalue weighted by Crippen LogP contribution is 2.46. The lowest BCUT2D eigenvalue weighted by Gasteiger charge is -2.22. The molecule has 3 heterocycles. The second-order valence-electron chi connectivity index (χ2n) is 7.03. The molecule has 0 amide bonds. The number of nitriles is 1. The van der Waals surface area contributed by atoms with Gasteiger partial charge in [-0.1, -0.05) is 0 Å². The van der Waals surface area contributed by atoms with Crippen molar-refractivity contribution in [3.8, 4) is 6.07 Å². The largest absolute Gasteiger partial charge is 0.461 e. The third-order valence-corrected chi connectivity index (χ3v) is 5.28. The lowest BCUT2D eigenvalue weighted by molar-refractivity contribution is 0.0520. The zero-order valence-corrected chi connectivity index (χ0v) is 15.0. The molecular weight excluding hydrogens is 330 g/mol. The van der Waals surface area contributed by atoms with E-state index in [-0.39, 0.29) is 5.69 Å². The van der Waals surface area contributed by atoms with Gasteiger partial charge in [0.1, 0.15) is 11.9 Å². The molecule has 2 fully saturated rings. The van der Waals surface area contributed by atoms with Crippen molar-refractivity contribution < 1.29 is 9.53 Å². The Labute approximate surface area is 152 Å². The van der Waals surface area contributed by atoms with Gasteiger partial charge in [0.15, 0.2) is 5.69 Å². The molecular formula is C19H21N5O2. The van der Waals surface area contributed by atoms with E-state index in [1.165, 1.54) is 6.42 Å². The molecule has 0 aromatic carbocycles. The lowest BCUT2D eigenvalue weighted by atomic mass is 10.1. The third-order valence-electron chi connectivity index (χ3n) is 5.28.